The van der Waals surface area contributed by atoms with Gasteiger partial charge in [0.1, 0.15) is 5.58 Å². The second kappa shape index (κ2) is 6.10. The molecule has 0 unspecified atom stereocenters. The third-order valence-electron chi connectivity index (χ3n) is 4.70. The van der Waals surface area contributed by atoms with E-state index in [0.717, 1.165) is 22.2 Å². The molecule has 0 aliphatic rings. The number of aryl methyl sites for hydroxylation is 2. The van der Waals surface area contributed by atoms with E-state index in [1.165, 1.54) is 16.3 Å². The number of hydrogen-bond donors (Lipinski definition) is 1. The highest BCUT2D eigenvalue weighted by Gasteiger charge is 2.08. The normalized spacial score (nSPS) is 11.1. The Labute approximate surface area is 145 Å². The van der Waals surface area contributed by atoms with Gasteiger partial charge in [0.05, 0.1) is 0 Å². The third kappa shape index (κ3) is 2.89. The molecule has 3 aromatic carbocycles. The SMILES string of the molecule is Cc1cc2oc(=O)cc(CNc3cccc4ccccc34)c2cc1C. The van der Waals surface area contributed by atoms with Crippen molar-refractivity contribution in [1.82, 2.24) is 0 Å². The molecule has 0 saturated heterocycles. The van der Waals surface area contributed by atoms with Crippen molar-refractivity contribution >= 4 is 27.4 Å². The van der Waals surface area contributed by atoms with Crippen LogP contribution in [0.4, 0.5) is 5.69 Å². The molecule has 25 heavy (non-hydrogen) atoms. The quantitative estimate of drug-likeness (QED) is 0.527. The van der Waals surface area contributed by atoms with Crippen LogP contribution in [0.1, 0.15) is 16.7 Å². The first-order chi connectivity index (χ1) is 12.1. The van der Waals surface area contributed by atoms with Crippen LogP contribution in [0.3, 0.4) is 0 Å². The Bertz CT molecular complexity index is 1140. The van der Waals surface area contributed by atoms with Crippen molar-refractivity contribution in [2.75, 3.05) is 5.32 Å². The molecule has 0 aliphatic carbocycles. The molecule has 4 aromatic rings. The van der Waals surface area contributed by atoms with Crippen LogP contribution in [0, 0.1) is 13.8 Å². The second-order valence-corrected chi connectivity index (χ2v) is 6.40. The van der Waals surface area contributed by atoms with Gasteiger partial charge in [-0.3, -0.25) is 0 Å². The van der Waals surface area contributed by atoms with Gasteiger partial charge in [0.25, 0.3) is 0 Å². The molecule has 1 heterocycles. The van der Waals surface area contributed by atoms with Crippen molar-refractivity contribution in [3.8, 4) is 0 Å². The molecular weight excluding hydrogens is 310 g/mol. The van der Waals surface area contributed by atoms with Gasteiger partial charge >= 0.3 is 5.63 Å². The van der Waals surface area contributed by atoms with Crippen LogP contribution in [0.2, 0.25) is 0 Å². The van der Waals surface area contributed by atoms with Gasteiger partial charge in [0.2, 0.25) is 0 Å². The molecule has 0 bridgehead atoms. The minimum Gasteiger partial charge on any atom is -0.423 e. The summed E-state index contributed by atoms with van der Waals surface area (Å²) in [6.45, 7) is 4.66. The summed E-state index contributed by atoms with van der Waals surface area (Å²) in [5.41, 5.74) is 4.64. The Hall–Kier alpha value is -3.07. The van der Waals surface area contributed by atoms with Gasteiger partial charge in [-0.2, -0.15) is 0 Å². The maximum Gasteiger partial charge on any atom is 0.336 e. The van der Waals surface area contributed by atoms with Crippen molar-refractivity contribution in [3.63, 3.8) is 0 Å². The fourth-order valence-electron chi connectivity index (χ4n) is 3.20. The maximum absolute atomic E-state index is 11.9. The molecule has 124 valence electrons. The van der Waals surface area contributed by atoms with E-state index in [-0.39, 0.29) is 5.63 Å². The van der Waals surface area contributed by atoms with Gasteiger partial charge in [-0.1, -0.05) is 36.4 Å². The van der Waals surface area contributed by atoms with E-state index < -0.39 is 0 Å². The number of benzene rings is 3. The van der Waals surface area contributed by atoms with E-state index in [1.54, 1.807) is 6.07 Å². The number of rotatable bonds is 3. The lowest BCUT2D eigenvalue weighted by molar-refractivity contribution is 0.559. The molecule has 0 amide bonds. The van der Waals surface area contributed by atoms with Crippen LogP contribution in [-0.2, 0) is 6.54 Å². The van der Waals surface area contributed by atoms with Gasteiger partial charge in [0, 0.05) is 29.1 Å². The second-order valence-electron chi connectivity index (χ2n) is 6.40. The van der Waals surface area contributed by atoms with E-state index in [0.29, 0.717) is 12.1 Å². The predicted octanol–water partition coefficient (Wildman–Crippen LogP) is 5.18. The molecule has 0 fully saturated rings. The summed E-state index contributed by atoms with van der Waals surface area (Å²) in [6, 6.07) is 20.1. The highest BCUT2D eigenvalue weighted by molar-refractivity contribution is 5.94. The van der Waals surface area contributed by atoms with E-state index in [4.69, 9.17) is 4.42 Å². The zero-order chi connectivity index (χ0) is 17.4. The van der Waals surface area contributed by atoms with Crippen molar-refractivity contribution in [3.05, 3.63) is 87.8 Å². The number of hydrogen-bond acceptors (Lipinski definition) is 3. The summed E-state index contributed by atoms with van der Waals surface area (Å²) in [5, 5.41) is 6.82. The smallest absolute Gasteiger partial charge is 0.336 e. The number of fused-ring (bicyclic) bond motifs is 2. The summed E-state index contributed by atoms with van der Waals surface area (Å²) in [6.07, 6.45) is 0. The fourth-order valence-corrected chi connectivity index (χ4v) is 3.20. The van der Waals surface area contributed by atoms with Crippen molar-refractivity contribution < 1.29 is 4.42 Å². The van der Waals surface area contributed by atoms with Crippen LogP contribution < -0.4 is 10.9 Å². The first kappa shape index (κ1) is 15.5. The first-order valence-electron chi connectivity index (χ1n) is 8.37. The zero-order valence-corrected chi connectivity index (χ0v) is 14.3. The summed E-state index contributed by atoms with van der Waals surface area (Å²) >= 11 is 0. The van der Waals surface area contributed by atoms with Crippen LogP contribution in [-0.4, -0.2) is 0 Å². The molecule has 0 radical (unpaired) electrons. The Morgan fingerprint density at radius 2 is 1.64 bits per heavy atom. The highest BCUT2D eigenvalue weighted by atomic mass is 16.4. The maximum atomic E-state index is 11.9. The largest absolute Gasteiger partial charge is 0.423 e. The summed E-state index contributed by atoms with van der Waals surface area (Å²) in [4.78, 5) is 11.9. The van der Waals surface area contributed by atoms with E-state index in [1.807, 2.05) is 31.2 Å². The van der Waals surface area contributed by atoms with Gasteiger partial charge in [-0.15, -0.1) is 0 Å². The van der Waals surface area contributed by atoms with Crippen LogP contribution >= 0.6 is 0 Å². The zero-order valence-electron chi connectivity index (χ0n) is 14.3. The lowest BCUT2D eigenvalue weighted by atomic mass is 10.0. The lowest BCUT2D eigenvalue weighted by Gasteiger charge is -2.12. The van der Waals surface area contributed by atoms with Gasteiger partial charge in [0.15, 0.2) is 0 Å². The molecule has 3 nitrogen and oxygen atoms in total. The number of nitrogens with one attached hydrogen (secondary N) is 1. The Balaban J connectivity index is 1.76. The van der Waals surface area contributed by atoms with Gasteiger partial charge in [-0.05, 0) is 54.1 Å². The highest BCUT2D eigenvalue weighted by Crippen LogP contribution is 2.25. The minimum atomic E-state index is -0.314. The lowest BCUT2D eigenvalue weighted by Crippen LogP contribution is -2.06. The minimum absolute atomic E-state index is 0.314. The van der Waals surface area contributed by atoms with E-state index in [9.17, 15) is 4.79 Å². The third-order valence-corrected chi connectivity index (χ3v) is 4.70. The van der Waals surface area contributed by atoms with Crippen LogP contribution in [0.5, 0.6) is 0 Å². The Morgan fingerprint density at radius 3 is 2.52 bits per heavy atom. The molecule has 1 N–H and O–H groups in total. The molecule has 1 aromatic heterocycles. The molecular formula is C22H19NO2. The van der Waals surface area contributed by atoms with Gasteiger partial charge in [-0.25, -0.2) is 4.79 Å². The topological polar surface area (TPSA) is 42.2 Å². The standard InChI is InChI=1S/C22H19NO2/c1-14-10-19-17(12-22(24)25-21(19)11-15(14)2)13-23-20-9-5-7-16-6-3-4-8-18(16)20/h3-12,23H,13H2,1-2H3. The summed E-state index contributed by atoms with van der Waals surface area (Å²) < 4.78 is 5.38. The molecule has 0 saturated carbocycles. The average Bonchev–Trinajstić information content (AvgIpc) is 2.61. The first-order valence-corrected chi connectivity index (χ1v) is 8.37. The fraction of sp³-hybridized carbons (Fsp3) is 0.136. The van der Waals surface area contributed by atoms with Crippen molar-refractivity contribution in [2.24, 2.45) is 0 Å². The number of anilines is 1. The van der Waals surface area contributed by atoms with E-state index in [2.05, 4.69) is 42.6 Å². The van der Waals surface area contributed by atoms with Crippen molar-refractivity contribution in [1.29, 1.82) is 0 Å². The van der Waals surface area contributed by atoms with Crippen LogP contribution in [0.25, 0.3) is 21.7 Å². The molecule has 4 rings (SSSR count). The molecule has 3 heteroatoms. The predicted molar refractivity (Wildman–Crippen MR) is 103 cm³/mol. The molecule has 0 atom stereocenters. The van der Waals surface area contributed by atoms with Crippen LogP contribution in [0.15, 0.2) is 69.9 Å². The average molecular weight is 329 g/mol. The molecule has 0 spiro atoms. The monoisotopic (exact) mass is 329 g/mol. The Kier molecular flexibility index (Phi) is 3.77. The van der Waals surface area contributed by atoms with Gasteiger partial charge < -0.3 is 9.73 Å². The van der Waals surface area contributed by atoms with E-state index >= 15 is 0 Å². The van der Waals surface area contributed by atoms with Crippen molar-refractivity contribution in [2.45, 2.75) is 20.4 Å². The summed E-state index contributed by atoms with van der Waals surface area (Å²) in [5.74, 6) is 0. The Morgan fingerprint density at radius 1 is 0.880 bits per heavy atom. The molecule has 0 aliphatic heterocycles. The summed E-state index contributed by atoms with van der Waals surface area (Å²) in [7, 11) is 0.